The van der Waals surface area contributed by atoms with Crippen LogP contribution in [0.5, 0.6) is 0 Å². The van der Waals surface area contributed by atoms with E-state index in [2.05, 4.69) is 20.3 Å². The summed E-state index contributed by atoms with van der Waals surface area (Å²) in [5, 5.41) is 7.29. The van der Waals surface area contributed by atoms with E-state index in [0.29, 0.717) is 11.5 Å². The Hall–Kier alpha value is -2.21. The zero-order chi connectivity index (χ0) is 16.6. The van der Waals surface area contributed by atoms with Crippen LogP contribution in [0.2, 0.25) is 0 Å². The summed E-state index contributed by atoms with van der Waals surface area (Å²) in [5.41, 5.74) is 0.629. The Morgan fingerprint density at radius 2 is 2.25 bits per heavy atom. The summed E-state index contributed by atoms with van der Waals surface area (Å²) in [6.07, 6.45) is 10.6. The molecule has 0 radical (unpaired) electrons. The molecular formula is C18H25N5O. The van der Waals surface area contributed by atoms with Gasteiger partial charge in [-0.15, -0.1) is 0 Å². The first-order valence-electron chi connectivity index (χ1n) is 8.69. The molecule has 1 atom stereocenters. The van der Waals surface area contributed by atoms with Gasteiger partial charge in [0.15, 0.2) is 0 Å². The lowest BCUT2D eigenvalue weighted by molar-refractivity contribution is 0.0931. The number of aryl methyl sites for hydroxylation is 1. The molecule has 3 heterocycles. The van der Waals surface area contributed by atoms with Gasteiger partial charge >= 0.3 is 0 Å². The number of aromatic nitrogens is 3. The number of hydrogen-bond acceptors (Lipinski definition) is 4. The lowest BCUT2D eigenvalue weighted by Crippen LogP contribution is -2.41. The van der Waals surface area contributed by atoms with Crippen LogP contribution in [0.3, 0.4) is 0 Å². The van der Waals surface area contributed by atoms with Crippen LogP contribution in [-0.2, 0) is 6.54 Å². The quantitative estimate of drug-likeness (QED) is 0.842. The predicted molar refractivity (Wildman–Crippen MR) is 92.6 cm³/mol. The number of carbonyl (C=O) groups is 1. The minimum absolute atomic E-state index is 0.0288. The lowest BCUT2D eigenvalue weighted by Gasteiger charge is -2.32. The van der Waals surface area contributed by atoms with Gasteiger partial charge in [-0.05, 0) is 56.5 Å². The van der Waals surface area contributed by atoms with Crippen LogP contribution in [0.4, 0.5) is 0 Å². The molecule has 0 aromatic carbocycles. The molecule has 1 aliphatic heterocycles. The molecule has 6 heteroatoms. The van der Waals surface area contributed by atoms with Crippen molar-refractivity contribution >= 4 is 5.91 Å². The molecule has 3 rings (SSSR count). The van der Waals surface area contributed by atoms with Crippen molar-refractivity contribution in [2.75, 3.05) is 26.2 Å². The number of rotatable bonds is 7. The fourth-order valence-electron chi connectivity index (χ4n) is 3.25. The third-order valence-electron chi connectivity index (χ3n) is 4.50. The van der Waals surface area contributed by atoms with E-state index in [1.165, 1.54) is 12.8 Å². The Morgan fingerprint density at radius 3 is 3.04 bits per heavy atom. The van der Waals surface area contributed by atoms with Gasteiger partial charge in [0.25, 0.3) is 5.91 Å². The van der Waals surface area contributed by atoms with E-state index in [4.69, 9.17) is 0 Å². The van der Waals surface area contributed by atoms with E-state index >= 15 is 0 Å². The fourth-order valence-corrected chi connectivity index (χ4v) is 3.25. The number of pyridine rings is 1. The van der Waals surface area contributed by atoms with E-state index < -0.39 is 0 Å². The van der Waals surface area contributed by atoms with Gasteiger partial charge in [0.05, 0.1) is 5.56 Å². The van der Waals surface area contributed by atoms with Crippen molar-refractivity contribution in [2.45, 2.75) is 25.8 Å². The SMILES string of the molecule is O=C(NC[C@@H]1CCCN(CCCn2cccn2)C1)c1cccnc1. The number of hydrogen-bond donors (Lipinski definition) is 1. The Labute approximate surface area is 142 Å². The minimum Gasteiger partial charge on any atom is -0.352 e. The summed E-state index contributed by atoms with van der Waals surface area (Å²) < 4.78 is 1.98. The molecule has 0 aliphatic carbocycles. The molecule has 1 N–H and O–H groups in total. The highest BCUT2D eigenvalue weighted by atomic mass is 16.1. The molecule has 1 fully saturated rings. The summed E-state index contributed by atoms with van der Waals surface area (Å²) in [6.45, 7) is 5.01. The average molecular weight is 327 g/mol. The molecular weight excluding hydrogens is 302 g/mol. The molecule has 0 spiro atoms. The van der Waals surface area contributed by atoms with Gasteiger partial charge in [-0.25, -0.2) is 0 Å². The summed E-state index contributed by atoms with van der Waals surface area (Å²) in [7, 11) is 0. The second-order valence-corrected chi connectivity index (χ2v) is 6.38. The first-order chi connectivity index (χ1) is 11.8. The summed E-state index contributed by atoms with van der Waals surface area (Å²) in [5.74, 6) is 0.503. The molecule has 1 amide bonds. The van der Waals surface area contributed by atoms with E-state index in [1.807, 2.05) is 23.1 Å². The van der Waals surface area contributed by atoms with Crippen LogP contribution in [0.1, 0.15) is 29.6 Å². The Morgan fingerprint density at radius 1 is 1.29 bits per heavy atom. The molecule has 2 aromatic heterocycles. The molecule has 0 bridgehead atoms. The van der Waals surface area contributed by atoms with E-state index in [-0.39, 0.29) is 5.91 Å². The number of nitrogens with zero attached hydrogens (tertiary/aromatic N) is 4. The standard InChI is InChI=1S/C18H25N5O/c24-18(17-6-1-7-19-14-17)20-13-16-5-2-9-22(15-16)10-4-12-23-11-3-8-21-23/h1,3,6-8,11,14,16H,2,4-5,9-10,12-13,15H2,(H,20,24)/t16-/m0/s1. The second-order valence-electron chi connectivity index (χ2n) is 6.38. The average Bonchev–Trinajstić information content (AvgIpc) is 3.14. The Kier molecular flexibility index (Phi) is 5.96. The topological polar surface area (TPSA) is 63.1 Å². The lowest BCUT2D eigenvalue weighted by atomic mass is 9.97. The van der Waals surface area contributed by atoms with Gasteiger partial charge in [0, 0.05) is 44.4 Å². The van der Waals surface area contributed by atoms with Crippen LogP contribution >= 0.6 is 0 Å². The van der Waals surface area contributed by atoms with Gasteiger partial charge in [-0.2, -0.15) is 5.10 Å². The molecule has 128 valence electrons. The van der Waals surface area contributed by atoms with Crippen molar-refractivity contribution in [3.05, 3.63) is 48.5 Å². The molecule has 24 heavy (non-hydrogen) atoms. The number of piperidine rings is 1. The first-order valence-corrected chi connectivity index (χ1v) is 8.69. The van der Waals surface area contributed by atoms with Crippen LogP contribution in [0, 0.1) is 5.92 Å². The molecule has 1 saturated heterocycles. The molecule has 1 aliphatic rings. The van der Waals surface area contributed by atoms with Gasteiger partial charge in [-0.3, -0.25) is 14.5 Å². The van der Waals surface area contributed by atoms with Crippen LogP contribution < -0.4 is 5.32 Å². The largest absolute Gasteiger partial charge is 0.352 e. The number of amides is 1. The Bertz CT molecular complexity index is 614. The van der Waals surface area contributed by atoms with Crippen molar-refractivity contribution in [2.24, 2.45) is 5.92 Å². The zero-order valence-corrected chi connectivity index (χ0v) is 14.0. The highest BCUT2D eigenvalue weighted by Crippen LogP contribution is 2.16. The summed E-state index contributed by atoms with van der Waals surface area (Å²) >= 11 is 0. The monoisotopic (exact) mass is 327 g/mol. The molecule has 2 aromatic rings. The molecule has 0 saturated carbocycles. The van der Waals surface area contributed by atoms with Crippen molar-refractivity contribution in [1.82, 2.24) is 25.0 Å². The van der Waals surface area contributed by atoms with Crippen molar-refractivity contribution in [1.29, 1.82) is 0 Å². The summed E-state index contributed by atoms with van der Waals surface area (Å²) in [6, 6.07) is 5.55. The normalized spacial score (nSPS) is 18.4. The van der Waals surface area contributed by atoms with Crippen LogP contribution in [0.15, 0.2) is 43.0 Å². The third kappa shape index (κ3) is 4.89. The van der Waals surface area contributed by atoms with Gasteiger partial charge in [0.2, 0.25) is 0 Å². The van der Waals surface area contributed by atoms with Crippen molar-refractivity contribution in [3.63, 3.8) is 0 Å². The van der Waals surface area contributed by atoms with Gasteiger partial charge in [0.1, 0.15) is 0 Å². The number of carbonyl (C=O) groups excluding carboxylic acids is 1. The zero-order valence-electron chi connectivity index (χ0n) is 14.0. The van der Waals surface area contributed by atoms with Gasteiger partial charge < -0.3 is 10.2 Å². The number of likely N-dealkylation sites (tertiary alicyclic amines) is 1. The highest BCUT2D eigenvalue weighted by Gasteiger charge is 2.20. The molecule has 0 unspecified atom stereocenters. The van der Waals surface area contributed by atoms with Crippen LogP contribution in [0.25, 0.3) is 0 Å². The van der Waals surface area contributed by atoms with Gasteiger partial charge in [-0.1, -0.05) is 0 Å². The van der Waals surface area contributed by atoms with E-state index in [0.717, 1.165) is 39.1 Å². The highest BCUT2D eigenvalue weighted by molar-refractivity contribution is 5.93. The molecule has 6 nitrogen and oxygen atoms in total. The second kappa shape index (κ2) is 8.59. The fraction of sp³-hybridized carbons (Fsp3) is 0.500. The third-order valence-corrected chi connectivity index (χ3v) is 4.50. The smallest absolute Gasteiger partial charge is 0.252 e. The van der Waals surface area contributed by atoms with Crippen molar-refractivity contribution in [3.8, 4) is 0 Å². The predicted octanol–water partition coefficient (Wildman–Crippen LogP) is 1.81. The minimum atomic E-state index is -0.0288. The first kappa shape index (κ1) is 16.6. The Balaban J connectivity index is 1.38. The van der Waals surface area contributed by atoms with E-state index in [1.54, 1.807) is 24.5 Å². The maximum Gasteiger partial charge on any atom is 0.252 e. The van der Waals surface area contributed by atoms with Crippen molar-refractivity contribution < 1.29 is 4.79 Å². The number of nitrogens with one attached hydrogen (secondary N) is 1. The van der Waals surface area contributed by atoms with E-state index in [9.17, 15) is 4.79 Å². The maximum absolute atomic E-state index is 12.1. The summed E-state index contributed by atoms with van der Waals surface area (Å²) in [4.78, 5) is 18.6. The maximum atomic E-state index is 12.1. The van der Waals surface area contributed by atoms with Crippen LogP contribution in [-0.4, -0.2) is 51.8 Å².